The number of benzene rings is 3. The number of fused-ring (bicyclic) bond motifs is 4. The molecule has 0 fully saturated rings. The van der Waals surface area contributed by atoms with Crippen molar-refractivity contribution in [3.05, 3.63) is 90.5 Å². The van der Waals surface area contributed by atoms with E-state index >= 15 is 0 Å². The maximum absolute atomic E-state index is 12.6. The quantitative estimate of drug-likeness (QED) is 0.267. The topological polar surface area (TPSA) is 112 Å². The van der Waals surface area contributed by atoms with Crippen LogP contribution in [0.25, 0.3) is 39.4 Å². The number of nitrogens with zero attached hydrogens (tertiary/aromatic N) is 3. The molecule has 0 radical (unpaired) electrons. The molecule has 0 saturated carbocycles. The number of para-hydroxylation sites is 2. The van der Waals surface area contributed by atoms with Crippen molar-refractivity contribution in [3.8, 4) is 11.4 Å². The minimum Gasteiger partial charge on any atom is -0.382 e. The van der Waals surface area contributed by atoms with Crippen LogP contribution in [0, 0.1) is 0 Å². The molecule has 37 heavy (non-hydrogen) atoms. The fraction of sp³-hybridized carbons (Fsp3) is 0.167. The molecule has 7 nitrogen and oxygen atoms in total. The van der Waals surface area contributed by atoms with Crippen LogP contribution in [0.1, 0.15) is 24.8 Å². The third-order valence-electron chi connectivity index (χ3n) is 7.15. The first kappa shape index (κ1) is 22.8. The van der Waals surface area contributed by atoms with Crippen LogP contribution in [0.2, 0.25) is 0 Å². The maximum atomic E-state index is 12.6. The summed E-state index contributed by atoms with van der Waals surface area (Å²) in [5, 5.41) is 4.41. The standard InChI is InChI=1S/C30H28N6O/c31-27-25-26(22-13-5-7-15-24(22)33-27)36(28(34-25)21-11-2-1-3-12-21)19-9-8-17-30(29(32)37)18-16-20-10-4-6-14-23(20)35-30/h1-7,10-16,18,35H,8-9,17,19H2,(H2,31,33)(H2,32,37). The average molecular weight is 489 g/mol. The Morgan fingerprint density at radius 2 is 1.68 bits per heavy atom. The van der Waals surface area contributed by atoms with E-state index in [1.54, 1.807) is 0 Å². The molecule has 0 aliphatic carbocycles. The molecule has 184 valence electrons. The summed E-state index contributed by atoms with van der Waals surface area (Å²) in [4.78, 5) is 22.1. The van der Waals surface area contributed by atoms with E-state index in [0.29, 0.717) is 24.3 Å². The van der Waals surface area contributed by atoms with Gasteiger partial charge in [-0.2, -0.15) is 0 Å². The lowest BCUT2D eigenvalue weighted by atomic mass is 9.87. The van der Waals surface area contributed by atoms with Crippen molar-refractivity contribution in [2.45, 2.75) is 31.3 Å². The highest BCUT2D eigenvalue weighted by atomic mass is 16.1. The molecule has 2 aromatic heterocycles. The van der Waals surface area contributed by atoms with Crippen molar-refractivity contribution in [2.75, 3.05) is 11.1 Å². The van der Waals surface area contributed by atoms with Crippen molar-refractivity contribution in [1.82, 2.24) is 14.5 Å². The molecule has 3 heterocycles. The van der Waals surface area contributed by atoms with Gasteiger partial charge in [0.05, 0.1) is 11.0 Å². The maximum Gasteiger partial charge on any atom is 0.247 e. The van der Waals surface area contributed by atoms with Gasteiger partial charge in [-0.15, -0.1) is 0 Å². The summed E-state index contributed by atoms with van der Waals surface area (Å²) in [6, 6.07) is 26.1. The van der Waals surface area contributed by atoms with Gasteiger partial charge in [0.2, 0.25) is 5.91 Å². The fourth-order valence-electron chi connectivity index (χ4n) is 5.24. The Balaban J connectivity index is 1.33. The van der Waals surface area contributed by atoms with Gasteiger partial charge in [0.15, 0.2) is 5.82 Å². The SMILES string of the molecule is NC(=O)C1(CCCCn2c(-c3ccccc3)nc3c(N)nc4ccccc4c32)C=Cc2ccccc2N1. The molecular formula is C30H28N6O. The summed E-state index contributed by atoms with van der Waals surface area (Å²) in [6.45, 7) is 0.712. The number of hydrogen-bond acceptors (Lipinski definition) is 5. The van der Waals surface area contributed by atoms with Crippen molar-refractivity contribution >= 4 is 45.4 Å². The van der Waals surface area contributed by atoms with Gasteiger partial charge in [-0.3, -0.25) is 4.79 Å². The van der Waals surface area contributed by atoms with Crippen LogP contribution in [0.5, 0.6) is 0 Å². The molecule has 6 rings (SSSR count). The predicted molar refractivity (Wildman–Crippen MR) is 150 cm³/mol. The molecule has 5 aromatic rings. The molecule has 1 unspecified atom stereocenters. The fourth-order valence-corrected chi connectivity index (χ4v) is 5.24. The van der Waals surface area contributed by atoms with Crippen LogP contribution < -0.4 is 16.8 Å². The Bertz CT molecular complexity index is 1660. The number of anilines is 2. The van der Waals surface area contributed by atoms with Crippen molar-refractivity contribution in [1.29, 1.82) is 0 Å². The summed E-state index contributed by atoms with van der Waals surface area (Å²) >= 11 is 0. The molecule has 5 N–H and O–H groups in total. The van der Waals surface area contributed by atoms with E-state index in [1.807, 2.05) is 72.8 Å². The Morgan fingerprint density at radius 1 is 0.919 bits per heavy atom. The van der Waals surface area contributed by atoms with E-state index in [2.05, 4.69) is 33.1 Å². The second-order valence-corrected chi connectivity index (χ2v) is 9.50. The van der Waals surface area contributed by atoms with Crippen LogP contribution >= 0.6 is 0 Å². The minimum atomic E-state index is -0.908. The number of nitrogen functional groups attached to an aromatic ring is 1. The van der Waals surface area contributed by atoms with E-state index in [9.17, 15) is 4.79 Å². The second-order valence-electron chi connectivity index (χ2n) is 9.50. The highest BCUT2D eigenvalue weighted by molar-refractivity contribution is 6.07. The number of nitrogens with two attached hydrogens (primary N) is 2. The zero-order valence-electron chi connectivity index (χ0n) is 20.4. The third-order valence-corrected chi connectivity index (χ3v) is 7.15. The van der Waals surface area contributed by atoms with Gasteiger partial charge in [-0.25, -0.2) is 9.97 Å². The number of rotatable bonds is 7. The summed E-state index contributed by atoms with van der Waals surface area (Å²) in [6.07, 6.45) is 6.09. The number of hydrogen-bond donors (Lipinski definition) is 3. The normalized spacial score (nSPS) is 16.5. The summed E-state index contributed by atoms with van der Waals surface area (Å²) in [5.74, 6) is 0.906. The summed E-state index contributed by atoms with van der Waals surface area (Å²) in [7, 11) is 0. The molecule has 1 atom stereocenters. The van der Waals surface area contributed by atoms with Crippen LogP contribution in [0.15, 0.2) is 84.9 Å². The number of imidazole rings is 1. The molecule has 0 spiro atoms. The average Bonchev–Trinajstić information content (AvgIpc) is 3.32. The monoisotopic (exact) mass is 488 g/mol. The Kier molecular flexibility index (Phi) is 5.60. The van der Waals surface area contributed by atoms with E-state index in [-0.39, 0.29) is 5.91 Å². The van der Waals surface area contributed by atoms with E-state index in [1.165, 1.54) is 0 Å². The number of pyridine rings is 1. The number of aryl methyl sites for hydroxylation is 1. The number of carbonyl (C=O) groups is 1. The van der Waals surface area contributed by atoms with Crippen molar-refractivity contribution in [2.24, 2.45) is 5.73 Å². The van der Waals surface area contributed by atoms with Crippen LogP contribution in [-0.2, 0) is 11.3 Å². The smallest absolute Gasteiger partial charge is 0.247 e. The molecule has 3 aromatic carbocycles. The number of nitrogens with one attached hydrogen (secondary N) is 1. The van der Waals surface area contributed by atoms with Gasteiger partial charge in [0, 0.05) is 23.2 Å². The Hall–Kier alpha value is -4.65. The number of unbranched alkanes of at least 4 members (excludes halogenated alkanes) is 1. The first-order valence-electron chi connectivity index (χ1n) is 12.5. The summed E-state index contributed by atoms with van der Waals surface area (Å²) < 4.78 is 2.24. The molecular weight excluding hydrogens is 460 g/mol. The van der Waals surface area contributed by atoms with Gasteiger partial charge in [-0.1, -0.05) is 72.8 Å². The van der Waals surface area contributed by atoms with Gasteiger partial charge in [-0.05, 0) is 43.0 Å². The second kappa shape index (κ2) is 9.09. The highest BCUT2D eigenvalue weighted by Gasteiger charge is 2.35. The lowest BCUT2D eigenvalue weighted by Crippen LogP contribution is -2.50. The largest absolute Gasteiger partial charge is 0.382 e. The molecule has 1 aliphatic rings. The zero-order chi connectivity index (χ0) is 25.4. The molecule has 7 heteroatoms. The number of aromatic nitrogens is 3. The first-order chi connectivity index (χ1) is 18.1. The van der Waals surface area contributed by atoms with Gasteiger partial charge in [0.1, 0.15) is 16.9 Å². The summed E-state index contributed by atoms with van der Waals surface area (Å²) in [5.41, 5.74) is 16.9. The first-order valence-corrected chi connectivity index (χ1v) is 12.5. The van der Waals surface area contributed by atoms with Crippen molar-refractivity contribution in [3.63, 3.8) is 0 Å². The van der Waals surface area contributed by atoms with Crippen LogP contribution in [0.3, 0.4) is 0 Å². The van der Waals surface area contributed by atoms with E-state index < -0.39 is 5.54 Å². The van der Waals surface area contributed by atoms with Gasteiger partial charge >= 0.3 is 0 Å². The molecule has 1 aliphatic heterocycles. The lowest BCUT2D eigenvalue weighted by Gasteiger charge is -2.33. The Labute approximate surface area is 214 Å². The predicted octanol–water partition coefficient (Wildman–Crippen LogP) is 5.37. The number of carbonyl (C=O) groups excluding carboxylic acids is 1. The lowest BCUT2D eigenvalue weighted by molar-refractivity contribution is -0.121. The number of primary amides is 1. The van der Waals surface area contributed by atoms with Gasteiger partial charge < -0.3 is 21.4 Å². The molecule has 0 bridgehead atoms. The highest BCUT2D eigenvalue weighted by Crippen LogP contribution is 2.34. The van der Waals surface area contributed by atoms with E-state index in [4.69, 9.17) is 16.5 Å². The molecule has 1 amide bonds. The minimum absolute atomic E-state index is 0.374. The zero-order valence-corrected chi connectivity index (χ0v) is 20.4. The molecule has 0 saturated heterocycles. The van der Waals surface area contributed by atoms with Crippen LogP contribution in [0.4, 0.5) is 11.5 Å². The number of amides is 1. The third kappa shape index (κ3) is 3.98. The van der Waals surface area contributed by atoms with E-state index in [0.717, 1.165) is 51.9 Å². The van der Waals surface area contributed by atoms with Crippen LogP contribution in [-0.4, -0.2) is 26.0 Å². The Morgan fingerprint density at radius 3 is 2.51 bits per heavy atom. The van der Waals surface area contributed by atoms with Gasteiger partial charge in [0.25, 0.3) is 0 Å². The van der Waals surface area contributed by atoms with Crippen molar-refractivity contribution < 1.29 is 4.79 Å².